The van der Waals surface area contributed by atoms with E-state index in [4.69, 9.17) is 4.42 Å². The highest BCUT2D eigenvalue weighted by atomic mass is 19.4. The molecule has 3 nitrogen and oxygen atoms in total. The molecule has 112 valence electrons. The largest absolute Gasteiger partial charge is 0.444 e. The number of hydrogen-bond donors (Lipinski definition) is 0. The second kappa shape index (κ2) is 5.29. The fraction of sp³-hybridized carbons (Fsp3) is 0.125. The van der Waals surface area contributed by atoms with Crippen LogP contribution >= 0.6 is 0 Å². The van der Waals surface area contributed by atoms with Gasteiger partial charge in [0.05, 0.1) is 5.56 Å². The third-order valence-electron chi connectivity index (χ3n) is 3.27. The van der Waals surface area contributed by atoms with Crippen molar-refractivity contribution in [2.45, 2.75) is 13.1 Å². The van der Waals surface area contributed by atoms with Crippen LogP contribution in [0, 0.1) is 6.92 Å². The molecule has 0 fully saturated rings. The fourth-order valence-corrected chi connectivity index (χ4v) is 2.12. The van der Waals surface area contributed by atoms with Crippen LogP contribution in [0.2, 0.25) is 0 Å². The molecule has 0 amide bonds. The molecule has 0 spiro atoms. The second-order valence-electron chi connectivity index (χ2n) is 4.80. The van der Waals surface area contributed by atoms with Crippen LogP contribution in [-0.4, -0.2) is 9.97 Å². The number of rotatable bonds is 2. The molecular formula is C16H11F3N2O. The number of alkyl halides is 3. The summed E-state index contributed by atoms with van der Waals surface area (Å²) in [5.41, 5.74) is 1.10. The summed E-state index contributed by atoms with van der Waals surface area (Å²) in [6, 6.07) is 7.52. The van der Waals surface area contributed by atoms with Gasteiger partial charge in [-0.3, -0.25) is 4.98 Å². The summed E-state index contributed by atoms with van der Waals surface area (Å²) in [5.74, 6) is 0.150. The van der Waals surface area contributed by atoms with Crippen molar-refractivity contribution in [1.82, 2.24) is 9.97 Å². The van der Waals surface area contributed by atoms with E-state index in [1.54, 1.807) is 30.6 Å². The number of aromatic nitrogens is 2. The van der Waals surface area contributed by atoms with Gasteiger partial charge in [0.1, 0.15) is 12.0 Å². The SMILES string of the molecule is Cc1ccc(-c2nc(-c3ccncc3)co2)cc1C(F)(F)F. The zero-order valence-electron chi connectivity index (χ0n) is 11.6. The molecule has 0 aliphatic rings. The second-order valence-corrected chi connectivity index (χ2v) is 4.80. The first kappa shape index (κ1) is 14.3. The lowest BCUT2D eigenvalue weighted by Crippen LogP contribution is -2.07. The van der Waals surface area contributed by atoms with Crippen molar-refractivity contribution >= 4 is 0 Å². The maximum Gasteiger partial charge on any atom is 0.416 e. The van der Waals surface area contributed by atoms with Gasteiger partial charge in [-0.1, -0.05) is 6.07 Å². The minimum atomic E-state index is -4.40. The van der Waals surface area contributed by atoms with Crippen molar-refractivity contribution in [3.63, 3.8) is 0 Å². The van der Waals surface area contributed by atoms with E-state index in [9.17, 15) is 13.2 Å². The standard InChI is InChI=1S/C16H11F3N2O/c1-10-2-3-12(8-13(10)16(17,18)19)15-21-14(9-22-15)11-4-6-20-7-5-11/h2-9H,1H3. The van der Waals surface area contributed by atoms with Crippen molar-refractivity contribution in [1.29, 1.82) is 0 Å². The molecule has 0 atom stereocenters. The van der Waals surface area contributed by atoms with Crippen LogP contribution in [0.5, 0.6) is 0 Å². The number of hydrogen-bond acceptors (Lipinski definition) is 3. The molecule has 3 rings (SSSR count). The minimum Gasteiger partial charge on any atom is -0.444 e. The Bertz CT molecular complexity index is 795. The summed E-state index contributed by atoms with van der Waals surface area (Å²) in [5, 5.41) is 0. The molecule has 0 unspecified atom stereocenters. The van der Waals surface area contributed by atoms with Gasteiger partial charge in [-0.25, -0.2) is 4.98 Å². The van der Waals surface area contributed by atoms with Crippen molar-refractivity contribution in [3.05, 3.63) is 60.1 Å². The third-order valence-corrected chi connectivity index (χ3v) is 3.27. The number of benzene rings is 1. The molecule has 1 aromatic carbocycles. The molecule has 0 saturated heterocycles. The first-order valence-electron chi connectivity index (χ1n) is 6.49. The van der Waals surface area contributed by atoms with Crippen molar-refractivity contribution in [2.24, 2.45) is 0 Å². The molecule has 22 heavy (non-hydrogen) atoms. The Kier molecular flexibility index (Phi) is 3.44. The Morgan fingerprint density at radius 2 is 1.73 bits per heavy atom. The minimum absolute atomic E-state index is 0.150. The van der Waals surface area contributed by atoms with Gasteiger partial charge in [0.25, 0.3) is 0 Å². The molecule has 0 N–H and O–H groups in total. The molecule has 2 heterocycles. The Morgan fingerprint density at radius 1 is 1.00 bits per heavy atom. The highest BCUT2D eigenvalue weighted by Gasteiger charge is 2.32. The molecule has 0 aliphatic heterocycles. The van der Waals surface area contributed by atoms with E-state index in [0.717, 1.165) is 11.6 Å². The maximum atomic E-state index is 13.0. The average molecular weight is 304 g/mol. The van der Waals surface area contributed by atoms with Gasteiger partial charge in [0.15, 0.2) is 0 Å². The molecular weight excluding hydrogens is 293 g/mol. The van der Waals surface area contributed by atoms with Crippen molar-refractivity contribution in [3.8, 4) is 22.7 Å². The lowest BCUT2D eigenvalue weighted by molar-refractivity contribution is -0.138. The van der Waals surface area contributed by atoms with E-state index < -0.39 is 11.7 Å². The van der Waals surface area contributed by atoms with E-state index in [-0.39, 0.29) is 11.5 Å². The molecule has 0 aliphatic carbocycles. The van der Waals surface area contributed by atoms with Gasteiger partial charge in [0, 0.05) is 23.5 Å². The smallest absolute Gasteiger partial charge is 0.416 e. The van der Waals surface area contributed by atoms with E-state index in [1.807, 2.05) is 0 Å². The third kappa shape index (κ3) is 2.72. The van der Waals surface area contributed by atoms with Gasteiger partial charge in [-0.05, 0) is 36.8 Å². The fourth-order valence-electron chi connectivity index (χ4n) is 2.12. The predicted molar refractivity (Wildman–Crippen MR) is 74.9 cm³/mol. The normalized spacial score (nSPS) is 11.6. The van der Waals surface area contributed by atoms with E-state index in [2.05, 4.69) is 9.97 Å². The first-order chi connectivity index (χ1) is 10.4. The summed E-state index contributed by atoms with van der Waals surface area (Å²) in [6.45, 7) is 1.42. The van der Waals surface area contributed by atoms with Gasteiger partial charge in [-0.15, -0.1) is 0 Å². The van der Waals surface area contributed by atoms with Gasteiger partial charge >= 0.3 is 6.18 Å². The highest BCUT2D eigenvalue weighted by molar-refractivity contribution is 5.63. The summed E-state index contributed by atoms with van der Waals surface area (Å²) >= 11 is 0. The number of aryl methyl sites for hydroxylation is 1. The van der Waals surface area contributed by atoms with Crippen LogP contribution in [0.15, 0.2) is 53.4 Å². The Labute approximate surface area is 124 Å². The summed E-state index contributed by atoms with van der Waals surface area (Å²) in [7, 11) is 0. The summed E-state index contributed by atoms with van der Waals surface area (Å²) < 4.78 is 44.2. The van der Waals surface area contributed by atoms with Crippen LogP contribution < -0.4 is 0 Å². The van der Waals surface area contributed by atoms with Crippen LogP contribution in [0.3, 0.4) is 0 Å². The predicted octanol–water partition coefficient (Wildman–Crippen LogP) is 4.73. The Balaban J connectivity index is 2.01. The molecule has 0 bridgehead atoms. The molecule has 0 saturated carbocycles. The van der Waals surface area contributed by atoms with Crippen LogP contribution in [0.1, 0.15) is 11.1 Å². The molecule has 3 aromatic rings. The van der Waals surface area contributed by atoms with E-state index in [0.29, 0.717) is 11.3 Å². The Hall–Kier alpha value is -2.63. The number of nitrogens with zero attached hydrogens (tertiary/aromatic N) is 2. The maximum absolute atomic E-state index is 13.0. The zero-order chi connectivity index (χ0) is 15.7. The average Bonchev–Trinajstić information content (AvgIpc) is 2.97. The highest BCUT2D eigenvalue weighted by Crippen LogP contribution is 2.35. The van der Waals surface area contributed by atoms with Gasteiger partial charge in [0.2, 0.25) is 5.89 Å². The quantitative estimate of drug-likeness (QED) is 0.687. The number of halogens is 3. The topological polar surface area (TPSA) is 38.9 Å². The summed E-state index contributed by atoms with van der Waals surface area (Å²) in [6.07, 6.45) is 0.229. The van der Waals surface area contributed by atoms with Crippen LogP contribution in [0.4, 0.5) is 13.2 Å². The molecule has 6 heteroatoms. The summed E-state index contributed by atoms with van der Waals surface area (Å²) in [4.78, 5) is 8.14. The Morgan fingerprint density at radius 3 is 2.41 bits per heavy atom. The molecule has 2 aromatic heterocycles. The number of pyridine rings is 1. The number of oxazole rings is 1. The zero-order valence-corrected chi connectivity index (χ0v) is 11.6. The van der Waals surface area contributed by atoms with Crippen LogP contribution in [0.25, 0.3) is 22.7 Å². The monoisotopic (exact) mass is 304 g/mol. The lowest BCUT2D eigenvalue weighted by atomic mass is 10.0. The van der Waals surface area contributed by atoms with E-state index >= 15 is 0 Å². The first-order valence-corrected chi connectivity index (χ1v) is 6.49. The lowest BCUT2D eigenvalue weighted by Gasteiger charge is -2.10. The van der Waals surface area contributed by atoms with Gasteiger partial charge in [-0.2, -0.15) is 13.2 Å². The van der Waals surface area contributed by atoms with E-state index in [1.165, 1.54) is 19.3 Å². The molecule has 0 radical (unpaired) electrons. The van der Waals surface area contributed by atoms with Crippen molar-refractivity contribution in [2.75, 3.05) is 0 Å². The van der Waals surface area contributed by atoms with Crippen molar-refractivity contribution < 1.29 is 17.6 Å². The van der Waals surface area contributed by atoms with Gasteiger partial charge < -0.3 is 4.42 Å². The van der Waals surface area contributed by atoms with Crippen LogP contribution in [-0.2, 0) is 6.18 Å².